The number of carboxylic acids is 1. The number of ether oxygens (including phenoxy) is 1. The third-order valence-corrected chi connectivity index (χ3v) is 7.85. The standard InChI is InChI=1S/C19H22O4/c1-10-8-18-9-11(10)4-5-12(18)19-7-3-6-17(2,16(22)23-19)14(19)13(18)15(20)21/h3,7,11-14H,1,4-6,8-9H2,2H3,(H,20,21)/t11-,12-,13-,14-,17+,18+,19-/m1/s1. The van der Waals surface area contributed by atoms with Crippen LogP contribution in [0.1, 0.15) is 39.0 Å². The molecule has 0 unspecified atom stereocenters. The van der Waals surface area contributed by atoms with E-state index >= 15 is 0 Å². The average molecular weight is 314 g/mol. The van der Waals surface area contributed by atoms with E-state index in [1.807, 2.05) is 13.0 Å². The molecule has 0 aromatic carbocycles. The van der Waals surface area contributed by atoms with Crippen LogP contribution >= 0.6 is 0 Å². The van der Waals surface area contributed by atoms with E-state index < -0.39 is 22.9 Å². The number of carbonyl (C=O) groups excluding carboxylic acids is 1. The van der Waals surface area contributed by atoms with Crippen molar-refractivity contribution in [3.63, 3.8) is 0 Å². The molecule has 4 heteroatoms. The largest absolute Gasteiger partial charge is 0.481 e. The first-order valence-electron chi connectivity index (χ1n) is 8.67. The quantitative estimate of drug-likeness (QED) is 0.597. The molecule has 5 aliphatic rings. The van der Waals surface area contributed by atoms with Gasteiger partial charge < -0.3 is 9.84 Å². The Balaban J connectivity index is 1.77. The van der Waals surface area contributed by atoms with Gasteiger partial charge in [-0.05, 0) is 56.4 Å². The molecule has 1 N–H and O–H groups in total. The van der Waals surface area contributed by atoms with Gasteiger partial charge in [-0.3, -0.25) is 9.59 Å². The Hall–Kier alpha value is -1.58. The predicted molar refractivity (Wildman–Crippen MR) is 82.3 cm³/mol. The van der Waals surface area contributed by atoms with Gasteiger partial charge in [0.1, 0.15) is 5.60 Å². The minimum atomic E-state index is -0.753. The van der Waals surface area contributed by atoms with Crippen LogP contribution in [0.2, 0.25) is 0 Å². The van der Waals surface area contributed by atoms with E-state index in [1.54, 1.807) is 0 Å². The summed E-state index contributed by atoms with van der Waals surface area (Å²) >= 11 is 0. The summed E-state index contributed by atoms with van der Waals surface area (Å²) in [6.07, 6.45) is 8.38. The van der Waals surface area contributed by atoms with Crippen LogP contribution in [0.15, 0.2) is 24.3 Å². The highest BCUT2D eigenvalue weighted by atomic mass is 16.6. The van der Waals surface area contributed by atoms with Crippen molar-refractivity contribution in [3.05, 3.63) is 24.3 Å². The Morgan fingerprint density at radius 3 is 2.96 bits per heavy atom. The molecule has 23 heavy (non-hydrogen) atoms. The smallest absolute Gasteiger partial charge is 0.313 e. The number of hydrogen-bond donors (Lipinski definition) is 1. The third kappa shape index (κ3) is 1.25. The molecule has 0 aromatic heterocycles. The predicted octanol–water partition coefficient (Wildman–Crippen LogP) is 2.94. The molecule has 4 fully saturated rings. The van der Waals surface area contributed by atoms with E-state index in [-0.39, 0.29) is 23.2 Å². The summed E-state index contributed by atoms with van der Waals surface area (Å²) in [7, 11) is 0. The highest BCUT2D eigenvalue weighted by Crippen LogP contribution is 2.76. The number of rotatable bonds is 1. The number of fused-ring (bicyclic) bond motifs is 1. The topological polar surface area (TPSA) is 63.6 Å². The number of hydrogen-bond acceptors (Lipinski definition) is 3. The molecule has 4 bridgehead atoms. The van der Waals surface area contributed by atoms with Crippen LogP contribution in [0, 0.1) is 34.5 Å². The number of aliphatic carboxylic acids is 1. The first kappa shape index (κ1) is 13.8. The summed E-state index contributed by atoms with van der Waals surface area (Å²) in [4.78, 5) is 25.0. The fourth-order valence-electron chi connectivity index (χ4n) is 7.15. The van der Waals surface area contributed by atoms with Crippen molar-refractivity contribution in [2.24, 2.45) is 34.5 Å². The second-order valence-corrected chi connectivity index (χ2v) is 8.66. The Labute approximate surface area is 135 Å². The first-order chi connectivity index (χ1) is 10.9. The molecule has 4 aliphatic carbocycles. The molecule has 122 valence electrons. The lowest BCUT2D eigenvalue weighted by Gasteiger charge is -2.42. The lowest BCUT2D eigenvalue weighted by Crippen LogP contribution is -2.44. The molecule has 3 saturated carbocycles. The van der Waals surface area contributed by atoms with E-state index in [2.05, 4.69) is 12.7 Å². The molecule has 1 heterocycles. The van der Waals surface area contributed by atoms with Gasteiger partial charge in [-0.25, -0.2) is 0 Å². The summed E-state index contributed by atoms with van der Waals surface area (Å²) in [6, 6.07) is 0. The van der Waals surface area contributed by atoms with Crippen LogP contribution in [-0.2, 0) is 14.3 Å². The fraction of sp³-hybridized carbons (Fsp3) is 0.684. The van der Waals surface area contributed by atoms with Crippen molar-refractivity contribution in [1.29, 1.82) is 0 Å². The molecule has 0 amide bonds. The van der Waals surface area contributed by atoms with Gasteiger partial charge in [-0.1, -0.05) is 18.2 Å². The van der Waals surface area contributed by atoms with Gasteiger partial charge in [-0.15, -0.1) is 0 Å². The van der Waals surface area contributed by atoms with Gasteiger partial charge >= 0.3 is 11.9 Å². The van der Waals surface area contributed by atoms with Crippen molar-refractivity contribution in [2.75, 3.05) is 0 Å². The highest BCUT2D eigenvalue weighted by molar-refractivity contribution is 5.85. The van der Waals surface area contributed by atoms with Gasteiger partial charge in [0, 0.05) is 11.8 Å². The van der Waals surface area contributed by atoms with Gasteiger partial charge in [-0.2, -0.15) is 0 Å². The van der Waals surface area contributed by atoms with E-state index in [1.165, 1.54) is 5.57 Å². The zero-order chi connectivity index (χ0) is 16.2. The summed E-state index contributed by atoms with van der Waals surface area (Å²) < 4.78 is 6.01. The van der Waals surface area contributed by atoms with Crippen molar-refractivity contribution in [2.45, 2.75) is 44.6 Å². The van der Waals surface area contributed by atoms with Gasteiger partial charge in [0.05, 0.1) is 11.3 Å². The van der Waals surface area contributed by atoms with Gasteiger partial charge in [0.25, 0.3) is 0 Å². The number of carbonyl (C=O) groups is 2. The summed E-state index contributed by atoms with van der Waals surface area (Å²) in [5, 5.41) is 10.1. The first-order valence-corrected chi connectivity index (χ1v) is 8.67. The third-order valence-electron chi connectivity index (χ3n) is 7.85. The van der Waals surface area contributed by atoms with Gasteiger partial charge in [0.2, 0.25) is 0 Å². The molecular weight excluding hydrogens is 292 g/mol. The molecule has 4 nitrogen and oxygen atoms in total. The van der Waals surface area contributed by atoms with Crippen LogP contribution in [-0.4, -0.2) is 22.6 Å². The van der Waals surface area contributed by atoms with Crippen molar-refractivity contribution < 1.29 is 19.4 Å². The van der Waals surface area contributed by atoms with Crippen LogP contribution < -0.4 is 0 Å². The maximum Gasteiger partial charge on any atom is 0.313 e. The zero-order valence-corrected chi connectivity index (χ0v) is 13.4. The lowest BCUT2D eigenvalue weighted by molar-refractivity contribution is -0.158. The Morgan fingerprint density at radius 2 is 2.22 bits per heavy atom. The van der Waals surface area contributed by atoms with E-state index in [0.717, 1.165) is 25.7 Å². The van der Waals surface area contributed by atoms with E-state index in [4.69, 9.17) is 4.74 Å². The van der Waals surface area contributed by atoms with E-state index in [0.29, 0.717) is 12.3 Å². The number of esters is 1. The second kappa shape index (κ2) is 3.73. The van der Waals surface area contributed by atoms with Gasteiger partial charge in [0.15, 0.2) is 0 Å². The van der Waals surface area contributed by atoms with Crippen molar-refractivity contribution >= 4 is 11.9 Å². The SMILES string of the molecule is C=C1C[C@]23C[C@H]1CC[C@H]2[C@@]12C=CC[C@](C)(C(=O)O1)[C@H]2[C@@H]3C(=O)O. The maximum absolute atomic E-state index is 12.6. The molecule has 1 aliphatic heterocycles. The fourth-order valence-corrected chi connectivity index (χ4v) is 7.15. The van der Waals surface area contributed by atoms with Crippen molar-refractivity contribution in [1.82, 2.24) is 0 Å². The minimum absolute atomic E-state index is 0.124. The average Bonchev–Trinajstić information content (AvgIpc) is 2.92. The molecule has 7 atom stereocenters. The molecule has 1 saturated heterocycles. The highest BCUT2D eigenvalue weighted by Gasteiger charge is 2.80. The lowest BCUT2D eigenvalue weighted by atomic mass is 9.62. The molecular formula is C19H22O4. The van der Waals surface area contributed by atoms with Crippen LogP contribution in [0.25, 0.3) is 0 Å². The van der Waals surface area contributed by atoms with Crippen LogP contribution in [0.4, 0.5) is 0 Å². The molecule has 5 rings (SSSR count). The van der Waals surface area contributed by atoms with E-state index in [9.17, 15) is 14.7 Å². The molecule has 0 aromatic rings. The summed E-state index contributed by atoms with van der Waals surface area (Å²) in [5.74, 6) is -1.12. The normalized spacial score (nSPS) is 55.5. The minimum Gasteiger partial charge on any atom is -0.481 e. The number of carboxylic acid groups (broad SMARTS) is 1. The molecule has 0 radical (unpaired) electrons. The Morgan fingerprint density at radius 1 is 1.43 bits per heavy atom. The van der Waals surface area contributed by atoms with Crippen molar-refractivity contribution in [3.8, 4) is 0 Å². The maximum atomic E-state index is 12.6. The number of allylic oxidation sites excluding steroid dienone is 2. The summed E-state index contributed by atoms with van der Waals surface area (Å²) in [6.45, 7) is 6.15. The Bertz CT molecular complexity index is 693. The summed E-state index contributed by atoms with van der Waals surface area (Å²) in [5.41, 5.74) is -0.441. The zero-order valence-electron chi connectivity index (χ0n) is 13.4. The monoisotopic (exact) mass is 314 g/mol. The van der Waals surface area contributed by atoms with Crippen LogP contribution in [0.3, 0.4) is 0 Å². The van der Waals surface area contributed by atoms with Crippen LogP contribution in [0.5, 0.6) is 0 Å². The Kier molecular flexibility index (Phi) is 2.24. The molecule has 1 spiro atoms. The second-order valence-electron chi connectivity index (χ2n) is 8.66.